The zero-order valence-electron chi connectivity index (χ0n) is 15.9. The number of fused-ring (bicyclic) bond motifs is 2. The van der Waals surface area contributed by atoms with E-state index in [1.807, 2.05) is 54.6 Å². The molecule has 0 radical (unpaired) electrons. The minimum absolute atomic E-state index is 0.0915. The zero-order chi connectivity index (χ0) is 20.1. The molecule has 2 aromatic heterocycles. The number of benzene rings is 2. The van der Waals surface area contributed by atoms with Gasteiger partial charge in [0.2, 0.25) is 12.7 Å². The first-order chi connectivity index (χ1) is 14.7. The van der Waals surface area contributed by atoms with Crippen LogP contribution in [0.1, 0.15) is 18.5 Å². The number of hydrogen-bond donors (Lipinski definition) is 1. The third-order valence-electron chi connectivity index (χ3n) is 5.72. The van der Waals surface area contributed by atoms with Crippen molar-refractivity contribution in [2.24, 2.45) is 0 Å². The Morgan fingerprint density at radius 2 is 1.87 bits per heavy atom. The van der Waals surface area contributed by atoms with E-state index in [2.05, 4.69) is 15.5 Å². The van der Waals surface area contributed by atoms with Crippen molar-refractivity contribution in [1.82, 2.24) is 10.1 Å². The Hall–Kier alpha value is -3.87. The maximum absolute atomic E-state index is 13.2. The quantitative estimate of drug-likeness (QED) is 0.551. The van der Waals surface area contributed by atoms with Crippen LogP contribution in [0.5, 0.6) is 11.5 Å². The molecule has 1 fully saturated rings. The lowest BCUT2D eigenvalue weighted by molar-refractivity contribution is -0.118. The molecule has 1 N–H and O–H groups in total. The molecule has 1 saturated carbocycles. The highest BCUT2D eigenvalue weighted by Gasteiger charge is 2.54. The lowest BCUT2D eigenvalue weighted by Gasteiger charge is -2.13. The summed E-state index contributed by atoms with van der Waals surface area (Å²) in [7, 11) is 0. The van der Waals surface area contributed by atoms with Gasteiger partial charge in [-0.1, -0.05) is 23.4 Å². The summed E-state index contributed by atoms with van der Waals surface area (Å²) in [6, 6.07) is 17.0. The van der Waals surface area contributed by atoms with Crippen LogP contribution < -0.4 is 14.8 Å². The van der Waals surface area contributed by atoms with Crippen LogP contribution in [0.2, 0.25) is 0 Å². The van der Waals surface area contributed by atoms with Crippen molar-refractivity contribution in [1.29, 1.82) is 0 Å². The molecule has 3 heterocycles. The number of aromatic nitrogens is 2. The van der Waals surface area contributed by atoms with Gasteiger partial charge in [0, 0.05) is 23.2 Å². The van der Waals surface area contributed by atoms with E-state index in [0.29, 0.717) is 28.6 Å². The molecule has 0 spiro atoms. The average Bonchev–Trinajstić information content (AvgIpc) is 3.21. The zero-order valence-corrected chi connectivity index (χ0v) is 15.9. The summed E-state index contributed by atoms with van der Waals surface area (Å²) in [6.07, 6.45) is 3.18. The van der Waals surface area contributed by atoms with E-state index < -0.39 is 5.41 Å². The summed E-state index contributed by atoms with van der Waals surface area (Å²) < 4.78 is 16.4. The predicted octanol–water partition coefficient (Wildman–Crippen LogP) is 4.29. The summed E-state index contributed by atoms with van der Waals surface area (Å²) in [5.74, 6) is 1.88. The van der Waals surface area contributed by atoms with Crippen LogP contribution in [0.25, 0.3) is 22.2 Å². The summed E-state index contributed by atoms with van der Waals surface area (Å²) in [5.41, 5.74) is 2.26. The van der Waals surface area contributed by atoms with Crippen molar-refractivity contribution in [3.05, 3.63) is 66.5 Å². The molecule has 0 unspecified atom stereocenters. The highest BCUT2D eigenvalue weighted by Crippen LogP contribution is 2.49. The molecule has 1 aliphatic heterocycles. The number of amides is 1. The molecular weight excluding hydrogens is 382 g/mol. The molecule has 30 heavy (non-hydrogen) atoms. The monoisotopic (exact) mass is 399 g/mol. The minimum Gasteiger partial charge on any atom is -0.454 e. The lowest BCUT2D eigenvalue weighted by Crippen LogP contribution is -2.28. The van der Waals surface area contributed by atoms with Crippen molar-refractivity contribution < 1.29 is 18.8 Å². The molecular formula is C23H17N3O4. The van der Waals surface area contributed by atoms with Crippen molar-refractivity contribution in [3.63, 3.8) is 0 Å². The van der Waals surface area contributed by atoms with Crippen LogP contribution in [0.15, 0.2) is 65.3 Å². The second-order valence-corrected chi connectivity index (χ2v) is 7.56. The first-order valence-corrected chi connectivity index (χ1v) is 9.75. The fourth-order valence-electron chi connectivity index (χ4n) is 3.86. The Balaban J connectivity index is 1.29. The van der Waals surface area contributed by atoms with Gasteiger partial charge in [-0.05, 0) is 43.2 Å². The van der Waals surface area contributed by atoms with Crippen LogP contribution in [-0.2, 0) is 10.2 Å². The van der Waals surface area contributed by atoms with Crippen molar-refractivity contribution >= 4 is 22.5 Å². The second-order valence-electron chi connectivity index (χ2n) is 7.56. The van der Waals surface area contributed by atoms with E-state index in [1.165, 1.54) is 0 Å². The number of carbonyl (C=O) groups is 1. The highest BCUT2D eigenvalue weighted by atomic mass is 16.7. The molecule has 6 rings (SSSR count). The van der Waals surface area contributed by atoms with Gasteiger partial charge < -0.3 is 19.3 Å². The van der Waals surface area contributed by atoms with Crippen LogP contribution >= 0.6 is 0 Å². The maximum atomic E-state index is 13.2. The standard InChI is InChI=1S/C23H17N3O4/c27-22(25-16-5-1-3-14-4-2-10-24-21(14)16)23(8-9-23)20-12-18(30-26-20)15-6-7-17-19(11-15)29-13-28-17/h1-7,10-12H,8-9,13H2,(H,25,27). The normalized spacial score (nSPS) is 15.9. The van der Waals surface area contributed by atoms with Gasteiger partial charge >= 0.3 is 0 Å². The number of carbonyl (C=O) groups excluding carboxylic acids is 1. The Kier molecular flexibility index (Phi) is 3.59. The van der Waals surface area contributed by atoms with Gasteiger partial charge in [-0.15, -0.1) is 0 Å². The van der Waals surface area contributed by atoms with Crippen LogP contribution in [-0.4, -0.2) is 22.8 Å². The van der Waals surface area contributed by atoms with Gasteiger partial charge in [-0.3, -0.25) is 9.78 Å². The second kappa shape index (κ2) is 6.32. The lowest BCUT2D eigenvalue weighted by atomic mass is 10.00. The molecule has 7 heteroatoms. The van der Waals surface area contributed by atoms with Gasteiger partial charge in [-0.2, -0.15) is 0 Å². The molecule has 4 aromatic rings. The van der Waals surface area contributed by atoms with E-state index in [0.717, 1.165) is 29.3 Å². The van der Waals surface area contributed by atoms with Crippen LogP contribution in [0.3, 0.4) is 0 Å². The minimum atomic E-state index is -0.672. The summed E-state index contributed by atoms with van der Waals surface area (Å²) >= 11 is 0. The third-order valence-corrected chi connectivity index (χ3v) is 5.72. The van der Waals surface area contributed by atoms with Gasteiger partial charge in [0.15, 0.2) is 17.3 Å². The van der Waals surface area contributed by atoms with E-state index >= 15 is 0 Å². The molecule has 1 amide bonds. The van der Waals surface area contributed by atoms with E-state index in [4.69, 9.17) is 14.0 Å². The first-order valence-electron chi connectivity index (χ1n) is 9.75. The third kappa shape index (κ3) is 2.62. The molecule has 2 aliphatic rings. The predicted molar refractivity (Wildman–Crippen MR) is 109 cm³/mol. The number of hydrogen-bond acceptors (Lipinski definition) is 6. The highest BCUT2D eigenvalue weighted by molar-refractivity contribution is 6.06. The van der Waals surface area contributed by atoms with Gasteiger partial charge in [0.1, 0.15) is 0 Å². The molecule has 148 valence electrons. The SMILES string of the molecule is O=C(Nc1cccc2cccnc12)C1(c2cc(-c3ccc4c(c3)OCO4)on2)CC1. The van der Waals surface area contributed by atoms with E-state index in [1.54, 1.807) is 6.20 Å². The van der Waals surface area contributed by atoms with Crippen molar-refractivity contribution in [2.75, 3.05) is 12.1 Å². The Morgan fingerprint density at radius 3 is 2.77 bits per heavy atom. The maximum Gasteiger partial charge on any atom is 0.236 e. The molecule has 2 aromatic carbocycles. The van der Waals surface area contributed by atoms with E-state index in [-0.39, 0.29) is 12.7 Å². The molecule has 0 atom stereocenters. The number of para-hydroxylation sites is 1. The Morgan fingerprint density at radius 1 is 1.00 bits per heavy atom. The summed E-state index contributed by atoms with van der Waals surface area (Å²) in [4.78, 5) is 17.6. The Bertz CT molecular complexity index is 1290. The number of nitrogens with zero attached hydrogens (tertiary/aromatic N) is 2. The number of rotatable bonds is 4. The van der Waals surface area contributed by atoms with Crippen molar-refractivity contribution in [2.45, 2.75) is 18.3 Å². The average molecular weight is 399 g/mol. The fraction of sp³-hybridized carbons (Fsp3) is 0.174. The number of nitrogens with one attached hydrogen (secondary N) is 1. The molecule has 0 saturated heterocycles. The van der Waals surface area contributed by atoms with Crippen LogP contribution in [0.4, 0.5) is 5.69 Å². The first kappa shape index (κ1) is 17.0. The molecule has 0 bridgehead atoms. The molecule has 1 aliphatic carbocycles. The smallest absolute Gasteiger partial charge is 0.236 e. The summed E-state index contributed by atoms with van der Waals surface area (Å²) in [6.45, 7) is 0.215. The van der Waals surface area contributed by atoms with Gasteiger partial charge in [0.05, 0.1) is 22.3 Å². The van der Waals surface area contributed by atoms with Gasteiger partial charge in [0.25, 0.3) is 0 Å². The largest absolute Gasteiger partial charge is 0.454 e. The van der Waals surface area contributed by atoms with Crippen LogP contribution in [0, 0.1) is 0 Å². The Labute approximate surface area is 171 Å². The summed E-state index contributed by atoms with van der Waals surface area (Å²) in [5, 5.41) is 8.25. The number of pyridine rings is 1. The van der Waals surface area contributed by atoms with E-state index in [9.17, 15) is 4.79 Å². The fourth-order valence-corrected chi connectivity index (χ4v) is 3.86. The van der Waals surface area contributed by atoms with Crippen molar-refractivity contribution in [3.8, 4) is 22.8 Å². The number of anilines is 1. The number of ether oxygens (including phenoxy) is 2. The topological polar surface area (TPSA) is 86.5 Å². The van der Waals surface area contributed by atoms with Gasteiger partial charge in [-0.25, -0.2) is 0 Å². The molecule has 7 nitrogen and oxygen atoms in total.